The van der Waals surface area contributed by atoms with Crippen molar-refractivity contribution in [2.75, 3.05) is 31.1 Å². The monoisotopic (exact) mass is 435 g/mol. The van der Waals surface area contributed by atoms with Gasteiger partial charge in [-0.25, -0.2) is 4.39 Å². The van der Waals surface area contributed by atoms with E-state index in [2.05, 4.69) is 10.2 Å². The summed E-state index contributed by atoms with van der Waals surface area (Å²) < 4.78 is 13.6. The molecule has 2 amide bonds. The molecule has 2 saturated heterocycles. The van der Waals surface area contributed by atoms with Gasteiger partial charge in [0.05, 0.1) is 0 Å². The molecule has 0 radical (unpaired) electrons. The van der Waals surface area contributed by atoms with E-state index in [0.29, 0.717) is 32.5 Å². The van der Waals surface area contributed by atoms with Crippen LogP contribution in [0.5, 0.6) is 0 Å². The number of rotatable bonds is 5. The van der Waals surface area contributed by atoms with Crippen molar-refractivity contribution in [1.29, 1.82) is 0 Å². The molecule has 168 valence electrons. The third kappa shape index (κ3) is 5.75. The van der Waals surface area contributed by atoms with E-state index in [1.165, 1.54) is 6.07 Å². The number of nitrogens with one attached hydrogen (secondary N) is 1. The summed E-state index contributed by atoms with van der Waals surface area (Å²) in [5.41, 5.74) is 1.86. The van der Waals surface area contributed by atoms with Gasteiger partial charge in [-0.2, -0.15) is 0 Å². The minimum absolute atomic E-state index is 0.00859. The van der Waals surface area contributed by atoms with Crippen LogP contribution in [0, 0.1) is 11.7 Å². The van der Waals surface area contributed by atoms with Gasteiger partial charge >= 0.3 is 0 Å². The number of hydrogen-bond donors (Lipinski definition) is 1. The Morgan fingerprint density at radius 1 is 0.969 bits per heavy atom. The molecule has 5 nitrogen and oxygen atoms in total. The lowest BCUT2D eigenvalue weighted by atomic mass is 9.94. The molecule has 2 fully saturated rings. The predicted octanol–water partition coefficient (Wildman–Crippen LogP) is 3.86. The molecular weight excluding hydrogens is 405 g/mol. The van der Waals surface area contributed by atoms with Crippen molar-refractivity contribution in [3.05, 3.63) is 72.1 Å². The van der Waals surface area contributed by atoms with E-state index in [0.717, 1.165) is 30.6 Å². The maximum atomic E-state index is 13.6. The topological polar surface area (TPSA) is 52.7 Å². The lowest BCUT2D eigenvalue weighted by Crippen LogP contribution is -2.50. The van der Waals surface area contributed by atoms with E-state index in [1.807, 2.05) is 47.4 Å². The summed E-state index contributed by atoms with van der Waals surface area (Å²) in [4.78, 5) is 29.3. The third-order valence-corrected chi connectivity index (χ3v) is 6.34. The van der Waals surface area contributed by atoms with Crippen molar-refractivity contribution in [1.82, 2.24) is 10.2 Å². The average Bonchev–Trinajstić information content (AvgIpc) is 2.83. The molecule has 2 aliphatic rings. The molecule has 0 bridgehead atoms. The molecule has 1 unspecified atom stereocenters. The Kier molecular flexibility index (Phi) is 7.20. The van der Waals surface area contributed by atoms with E-state index in [4.69, 9.17) is 0 Å². The maximum Gasteiger partial charge on any atom is 0.246 e. The quantitative estimate of drug-likeness (QED) is 0.726. The van der Waals surface area contributed by atoms with E-state index >= 15 is 0 Å². The van der Waals surface area contributed by atoms with Gasteiger partial charge in [0.25, 0.3) is 0 Å². The van der Waals surface area contributed by atoms with E-state index < -0.39 is 0 Å². The van der Waals surface area contributed by atoms with Crippen molar-refractivity contribution < 1.29 is 14.0 Å². The Bertz CT molecular complexity index is 955. The Morgan fingerprint density at radius 3 is 2.50 bits per heavy atom. The number of carbonyl (C=O) groups excluding carboxylic acids is 2. The Hall–Kier alpha value is -3.15. The van der Waals surface area contributed by atoms with Crippen LogP contribution in [-0.2, 0) is 9.59 Å². The van der Waals surface area contributed by atoms with Crippen LogP contribution in [0.25, 0.3) is 6.08 Å². The summed E-state index contributed by atoms with van der Waals surface area (Å²) >= 11 is 0. The van der Waals surface area contributed by atoms with Crippen molar-refractivity contribution in [3.8, 4) is 0 Å². The van der Waals surface area contributed by atoms with E-state index in [-0.39, 0.29) is 29.6 Å². The molecule has 0 aromatic heterocycles. The van der Waals surface area contributed by atoms with Crippen molar-refractivity contribution in [2.24, 2.45) is 5.92 Å². The minimum atomic E-state index is -0.242. The summed E-state index contributed by atoms with van der Waals surface area (Å²) in [5, 5.41) is 3.20. The summed E-state index contributed by atoms with van der Waals surface area (Å²) in [6.45, 7) is 2.75. The van der Waals surface area contributed by atoms with Crippen LogP contribution in [0.4, 0.5) is 10.1 Å². The maximum absolute atomic E-state index is 13.6. The van der Waals surface area contributed by atoms with E-state index in [9.17, 15) is 14.0 Å². The minimum Gasteiger partial charge on any atom is -0.369 e. The standard InChI is InChI=1S/C26H30FN3O2/c27-22-8-4-10-24(18-22)30-15-5-9-23(19-30)28-26(32)21-13-16-29(17-14-21)25(31)12-11-20-6-2-1-3-7-20/h1-4,6-8,10-12,18,21,23H,5,9,13-17,19H2,(H,28,32). The molecular formula is C26H30FN3O2. The first-order valence-corrected chi connectivity index (χ1v) is 11.4. The number of hydrogen-bond acceptors (Lipinski definition) is 3. The van der Waals surface area contributed by atoms with Crippen LogP contribution in [0.2, 0.25) is 0 Å². The number of anilines is 1. The number of halogens is 1. The average molecular weight is 436 g/mol. The molecule has 2 heterocycles. The SMILES string of the molecule is O=C(NC1CCCN(c2cccc(F)c2)C1)C1CCN(C(=O)C=Cc2ccccc2)CC1. The Balaban J connectivity index is 1.24. The molecule has 32 heavy (non-hydrogen) atoms. The highest BCUT2D eigenvalue weighted by molar-refractivity contribution is 5.92. The highest BCUT2D eigenvalue weighted by Crippen LogP contribution is 2.22. The number of amides is 2. The highest BCUT2D eigenvalue weighted by Gasteiger charge is 2.29. The molecule has 4 rings (SSSR count). The second-order valence-electron chi connectivity index (χ2n) is 8.62. The molecule has 0 spiro atoms. The molecule has 1 atom stereocenters. The van der Waals surface area contributed by atoms with Crippen LogP contribution >= 0.6 is 0 Å². The van der Waals surface area contributed by atoms with Gasteiger partial charge in [-0.15, -0.1) is 0 Å². The fraction of sp³-hybridized carbons (Fsp3) is 0.385. The van der Waals surface area contributed by atoms with Crippen LogP contribution in [0.1, 0.15) is 31.2 Å². The van der Waals surface area contributed by atoms with Crippen molar-refractivity contribution in [2.45, 2.75) is 31.7 Å². The number of carbonyl (C=O) groups is 2. The zero-order chi connectivity index (χ0) is 22.3. The number of nitrogens with zero attached hydrogens (tertiary/aromatic N) is 2. The summed E-state index contributed by atoms with van der Waals surface area (Å²) in [6, 6.07) is 16.4. The van der Waals surface area contributed by atoms with Gasteiger partial charge in [0.15, 0.2) is 0 Å². The van der Waals surface area contributed by atoms with Crippen molar-refractivity contribution >= 4 is 23.6 Å². The van der Waals surface area contributed by atoms with Crippen LogP contribution in [0.15, 0.2) is 60.7 Å². The predicted molar refractivity (Wildman–Crippen MR) is 125 cm³/mol. The molecule has 0 aliphatic carbocycles. The second-order valence-corrected chi connectivity index (χ2v) is 8.62. The summed E-state index contributed by atoms with van der Waals surface area (Å²) in [6.07, 6.45) is 6.68. The van der Waals surface area contributed by atoms with Gasteiger partial charge in [0.1, 0.15) is 5.82 Å². The first-order valence-electron chi connectivity index (χ1n) is 11.4. The van der Waals surface area contributed by atoms with Gasteiger partial charge in [-0.1, -0.05) is 36.4 Å². The molecule has 6 heteroatoms. The molecule has 2 aromatic carbocycles. The fourth-order valence-electron chi connectivity index (χ4n) is 4.52. The smallest absolute Gasteiger partial charge is 0.246 e. The Morgan fingerprint density at radius 2 is 1.75 bits per heavy atom. The summed E-state index contributed by atoms with van der Waals surface area (Å²) in [5.74, 6) is -0.246. The van der Waals surface area contributed by atoms with Gasteiger partial charge in [-0.05, 0) is 55.5 Å². The van der Waals surface area contributed by atoms with Crippen molar-refractivity contribution in [3.63, 3.8) is 0 Å². The number of benzene rings is 2. The molecule has 2 aliphatic heterocycles. The van der Waals surface area contributed by atoms with Crippen LogP contribution < -0.4 is 10.2 Å². The second kappa shape index (κ2) is 10.4. The highest BCUT2D eigenvalue weighted by atomic mass is 19.1. The zero-order valence-corrected chi connectivity index (χ0v) is 18.3. The van der Waals surface area contributed by atoms with Gasteiger partial charge in [0, 0.05) is 49.9 Å². The normalized spacial score (nSPS) is 19.8. The number of piperidine rings is 2. The lowest BCUT2D eigenvalue weighted by molar-refractivity contribution is -0.132. The fourth-order valence-corrected chi connectivity index (χ4v) is 4.52. The lowest BCUT2D eigenvalue weighted by Gasteiger charge is -2.36. The largest absolute Gasteiger partial charge is 0.369 e. The van der Waals surface area contributed by atoms with Crippen LogP contribution in [0.3, 0.4) is 0 Å². The molecule has 0 saturated carbocycles. The van der Waals surface area contributed by atoms with Gasteiger partial charge in [0.2, 0.25) is 11.8 Å². The zero-order valence-electron chi connectivity index (χ0n) is 18.3. The van der Waals surface area contributed by atoms with Gasteiger partial charge in [-0.3, -0.25) is 9.59 Å². The first-order chi connectivity index (χ1) is 15.6. The van der Waals surface area contributed by atoms with Crippen LogP contribution in [-0.4, -0.2) is 48.9 Å². The summed E-state index contributed by atoms with van der Waals surface area (Å²) in [7, 11) is 0. The number of likely N-dealkylation sites (tertiary alicyclic amines) is 1. The van der Waals surface area contributed by atoms with E-state index in [1.54, 1.807) is 18.2 Å². The molecule has 1 N–H and O–H groups in total. The van der Waals surface area contributed by atoms with Gasteiger partial charge < -0.3 is 15.1 Å². The molecule has 2 aromatic rings. The Labute approximate surface area is 188 Å². The first kappa shape index (κ1) is 22.1. The third-order valence-electron chi connectivity index (χ3n) is 6.34.